The lowest BCUT2D eigenvalue weighted by Crippen LogP contribution is -2.01. The zero-order valence-electron chi connectivity index (χ0n) is 18.4. The Labute approximate surface area is 181 Å². The van der Waals surface area contributed by atoms with Gasteiger partial charge in [0.1, 0.15) is 5.75 Å². The van der Waals surface area contributed by atoms with Crippen LogP contribution in [0.1, 0.15) is 42.5 Å². The summed E-state index contributed by atoms with van der Waals surface area (Å²) < 4.78 is 13.0. The third kappa shape index (κ3) is 4.17. The first-order valence-corrected chi connectivity index (χ1v) is 10.2. The molecule has 31 heavy (non-hydrogen) atoms. The smallest absolute Gasteiger partial charge is 0.181 e. The zero-order chi connectivity index (χ0) is 22.1. The summed E-state index contributed by atoms with van der Waals surface area (Å²) >= 11 is 0. The number of fused-ring (bicyclic) bond motifs is 1. The van der Waals surface area contributed by atoms with Gasteiger partial charge in [-0.3, -0.25) is 4.79 Å². The van der Waals surface area contributed by atoms with Crippen LogP contribution >= 0.6 is 0 Å². The summed E-state index contributed by atoms with van der Waals surface area (Å²) in [4.78, 5) is 21.0. The molecule has 1 aromatic carbocycles. The third-order valence-corrected chi connectivity index (χ3v) is 5.10. The Kier molecular flexibility index (Phi) is 5.50. The number of oxazole rings is 1. The number of hydrogen-bond acceptors (Lipinski definition) is 6. The Hall–Kier alpha value is -3.61. The van der Waals surface area contributed by atoms with Gasteiger partial charge in [-0.15, -0.1) is 0 Å². The van der Waals surface area contributed by atoms with Crippen molar-refractivity contribution in [1.29, 1.82) is 0 Å². The Morgan fingerprint density at radius 3 is 2.71 bits per heavy atom. The summed E-state index contributed by atoms with van der Waals surface area (Å²) in [5.41, 5.74) is 5.57. The van der Waals surface area contributed by atoms with Crippen molar-refractivity contribution in [3.05, 3.63) is 60.0 Å². The minimum Gasteiger partial charge on any atom is -0.496 e. The highest BCUT2D eigenvalue weighted by Crippen LogP contribution is 2.35. The van der Waals surface area contributed by atoms with Gasteiger partial charge in [-0.2, -0.15) is 0 Å². The van der Waals surface area contributed by atoms with Gasteiger partial charge in [0.25, 0.3) is 0 Å². The first-order chi connectivity index (χ1) is 14.9. The van der Waals surface area contributed by atoms with Crippen LogP contribution in [0.2, 0.25) is 0 Å². The molecule has 160 valence electrons. The van der Waals surface area contributed by atoms with Crippen molar-refractivity contribution < 1.29 is 13.9 Å². The van der Waals surface area contributed by atoms with Gasteiger partial charge in [0.15, 0.2) is 23.6 Å². The number of hydrogen-bond donors (Lipinski definition) is 1. The Balaban J connectivity index is 1.76. The van der Waals surface area contributed by atoms with Crippen molar-refractivity contribution in [2.45, 2.75) is 34.1 Å². The molecule has 0 radical (unpaired) electrons. The number of nitrogens with one attached hydrogen (secondary N) is 1. The Morgan fingerprint density at radius 2 is 2.06 bits per heavy atom. The number of carbonyl (C=O) groups excluding carboxylic acids is 1. The van der Waals surface area contributed by atoms with E-state index in [9.17, 15) is 4.79 Å². The highest BCUT2D eigenvalue weighted by Gasteiger charge is 2.16. The van der Waals surface area contributed by atoms with Gasteiger partial charge in [0, 0.05) is 29.7 Å². The number of rotatable bonds is 7. The number of pyridine rings is 1. The molecule has 7 nitrogen and oxygen atoms in total. The summed E-state index contributed by atoms with van der Waals surface area (Å²) in [6.45, 7) is 7.78. The highest BCUT2D eigenvalue weighted by atomic mass is 16.5. The van der Waals surface area contributed by atoms with Crippen LogP contribution in [-0.2, 0) is 6.42 Å². The van der Waals surface area contributed by atoms with Crippen molar-refractivity contribution in [2.24, 2.45) is 5.92 Å². The fourth-order valence-corrected chi connectivity index (χ4v) is 3.62. The van der Waals surface area contributed by atoms with Crippen LogP contribution in [0.15, 0.2) is 47.5 Å². The minimum atomic E-state index is -0.00205. The lowest BCUT2D eigenvalue weighted by atomic mass is 10.1. The molecular formula is C24H26N4O3. The van der Waals surface area contributed by atoms with Gasteiger partial charge in [-0.1, -0.05) is 13.8 Å². The maximum atomic E-state index is 12.1. The average molecular weight is 418 g/mol. The molecular weight excluding hydrogens is 392 g/mol. The average Bonchev–Trinajstić information content (AvgIpc) is 3.32. The molecule has 3 aromatic heterocycles. The topological polar surface area (TPSA) is 81.7 Å². The van der Waals surface area contributed by atoms with Crippen LogP contribution in [0, 0.1) is 12.8 Å². The molecule has 0 amide bonds. The van der Waals surface area contributed by atoms with Crippen molar-refractivity contribution in [3.8, 4) is 17.1 Å². The lowest BCUT2D eigenvalue weighted by Gasteiger charge is -2.13. The monoisotopic (exact) mass is 418 g/mol. The quantitative estimate of drug-likeness (QED) is 0.402. The van der Waals surface area contributed by atoms with Crippen molar-refractivity contribution in [1.82, 2.24) is 14.4 Å². The fraction of sp³-hybridized carbons (Fsp3) is 0.292. The number of carbonyl (C=O) groups is 1. The van der Waals surface area contributed by atoms with Gasteiger partial charge in [-0.05, 0) is 44.4 Å². The number of Topliss-reactive ketones (excluding diaryl/α,β-unsaturated/α-hetero) is 1. The maximum Gasteiger partial charge on any atom is 0.181 e. The molecule has 4 aromatic rings. The van der Waals surface area contributed by atoms with Crippen molar-refractivity contribution in [3.63, 3.8) is 0 Å². The summed E-state index contributed by atoms with van der Waals surface area (Å²) in [5.74, 6) is 1.83. The van der Waals surface area contributed by atoms with E-state index in [0.717, 1.165) is 40.4 Å². The van der Waals surface area contributed by atoms with Crippen LogP contribution in [-0.4, -0.2) is 27.3 Å². The molecule has 0 bridgehead atoms. The summed E-state index contributed by atoms with van der Waals surface area (Å²) in [7, 11) is 1.62. The van der Waals surface area contributed by atoms with E-state index in [-0.39, 0.29) is 5.78 Å². The number of nitrogens with zero attached hydrogens (tertiary/aromatic N) is 3. The number of ketones is 1. The molecule has 3 heterocycles. The van der Waals surface area contributed by atoms with E-state index in [1.54, 1.807) is 14.0 Å². The second kappa shape index (κ2) is 8.26. The molecule has 0 saturated heterocycles. The van der Waals surface area contributed by atoms with Crippen LogP contribution in [0.3, 0.4) is 0 Å². The van der Waals surface area contributed by atoms with Crippen LogP contribution < -0.4 is 10.1 Å². The van der Waals surface area contributed by atoms with E-state index in [1.807, 2.05) is 48.0 Å². The van der Waals surface area contributed by atoms with Gasteiger partial charge in [0.05, 0.1) is 29.7 Å². The first-order valence-electron chi connectivity index (χ1n) is 10.2. The van der Waals surface area contributed by atoms with E-state index < -0.39 is 0 Å². The molecule has 0 saturated carbocycles. The maximum absolute atomic E-state index is 12.1. The predicted octanol–water partition coefficient (Wildman–Crippen LogP) is 5.45. The first kappa shape index (κ1) is 20.7. The zero-order valence-corrected chi connectivity index (χ0v) is 18.4. The Bertz CT molecular complexity index is 1250. The van der Waals surface area contributed by atoms with Crippen molar-refractivity contribution in [2.75, 3.05) is 12.4 Å². The third-order valence-electron chi connectivity index (χ3n) is 5.10. The van der Waals surface area contributed by atoms with E-state index in [4.69, 9.17) is 14.1 Å². The summed E-state index contributed by atoms with van der Waals surface area (Å²) in [6, 6.07) is 7.60. The molecule has 0 spiro atoms. The number of ether oxygens (including phenoxy) is 1. The molecule has 7 heteroatoms. The standard InChI is InChI=1S/C24H26N4O3/c1-14(2)8-19-12-28-11-17(16(4)29)9-21(24(28)27-19)26-18-6-7-20(22(10-18)30-5)23-15(3)25-13-31-23/h6-7,9-14,26H,8H2,1-5H3. The lowest BCUT2D eigenvalue weighted by molar-refractivity contribution is 0.101. The largest absolute Gasteiger partial charge is 0.496 e. The molecule has 4 rings (SSSR count). The molecule has 0 unspecified atom stereocenters. The number of methoxy groups -OCH3 is 1. The minimum absolute atomic E-state index is 0.00205. The molecule has 0 aliphatic heterocycles. The second-order valence-corrected chi connectivity index (χ2v) is 8.07. The molecule has 0 aliphatic rings. The number of aryl methyl sites for hydroxylation is 1. The fourth-order valence-electron chi connectivity index (χ4n) is 3.62. The number of benzene rings is 1. The predicted molar refractivity (Wildman–Crippen MR) is 120 cm³/mol. The molecule has 1 N–H and O–H groups in total. The van der Waals surface area contributed by atoms with E-state index in [1.165, 1.54) is 6.39 Å². The van der Waals surface area contributed by atoms with Gasteiger partial charge in [-0.25, -0.2) is 9.97 Å². The molecule has 0 atom stereocenters. The van der Waals surface area contributed by atoms with Crippen LogP contribution in [0.4, 0.5) is 11.4 Å². The Morgan fingerprint density at radius 1 is 1.26 bits per heavy atom. The molecule has 0 fully saturated rings. The summed E-state index contributed by atoms with van der Waals surface area (Å²) in [5, 5.41) is 3.41. The number of imidazole rings is 1. The van der Waals surface area contributed by atoms with Gasteiger partial charge >= 0.3 is 0 Å². The van der Waals surface area contributed by atoms with Crippen LogP contribution in [0.5, 0.6) is 5.75 Å². The van der Waals surface area contributed by atoms with E-state index in [2.05, 4.69) is 24.1 Å². The van der Waals surface area contributed by atoms with Gasteiger partial charge in [0.2, 0.25) is 0 Å². The van der Waals surface area contributed by atoms with Crippen molar-refractivity contribution >= 4 is 22.8 Å². The normalized spacial score (nSPS) is 11.3. The number of aromatic nitrogens is 3. The number of anilines is 2. The highest BCUT2D eigenvalue weighted by molar-refractivity contribution is 5.96. The SMILES string of the molecule is COc1cc(Nc2cc(C(C)=O)cn3cc(CC(C)C)nc23)ccc1-c1ocnc1C. The summed E-state index contributed by atoms with van der Waals surface area (Å²) in [6.07, 6.45) is 6.11. The van der Waals surface area contributed by atoms with Gasteiger partial charge < -0.3 is 18.9 Å². The van der Waals surface area contributed by atoms with Crippen LogP contribution in [0.25, 0.3) is 17.0 Å². The molecule has 0 aliphatic carbocycles. The van der Waals surface area contributed by atoms with E-state index in [0.29, 0.717) is 23.0 Å². The second-order valence-electron chi connectivity index (χ2n) is 8.07. The van der Waals surface area contributed by atoms with E-state index >= 15 is 0 Å².